The van der Waals surface area contributed by atoms with Gasteiger partial charge in [-0.1, -0.05) is 23.7 Å². The minimum absolute atomic E-state index is 0.176. The summed E-state index contributed by atoms with van der Waals surface area (Å²) < 4.78 is 28.6. The second-order valence-corrected chi connectivity index (χ2v) is 5.61. The average Bonchev–Trinajstić information content (AvgIpc) is 2.79. The highest BCUT2D eigenvalue weighted by molar-refractivity contribution is 6.35. The van der Waals surface area contributed by atoms with E-state index in [1.807, 2.05) is 0 Å². The van der Waals surface area contributed by atoms with E-state index in [0.717, 1.165) is 0 Å². The smallest absolute Gasteiger partial charge is 0.261 e. The van der Waals surface area contributed by atoms with Gasteiger partial charge in [0.25, 0.3) is 5.92 Å². The Kier molecular flexibility index (Phi) is 2.80. The van der Waals surface area contributed by atoms with Crippen LogP contribution in [0.1, 0.15) is 19.0 Å². The van der Waals surface area contributed by atoms with Gasteiger partial charge in [-0.3, -0.25) is 5.10 Å². The van der Waals surface area contributed by atoms with Crippen LogP contribution in [0.15, 0.2) is 18.2 Å². The van der Waals surface area contributed by atoms with E-state index in [2.05, 4.69) is 15.5 Å². The lowest BCUT2D eigenvalue weighted by Crippen LogP contribution is -2.55. The lowest BCUT2D eigenvalue weighted by atomic mass is 9.75. The zero-order chi connectivity index (χ0) is 13.7. The van der Waals surface area contributed by atoms with Crippen molar-refractivity contribution in [2.24, 2.45) is 0 Å². The lowest BCUT2D eigenvalue weighted by Gasteiger charge is -2.40. The van der Waals surface area contributed by atoms with Gasteiger partial charge < -0.3 is 5.32 Å². The summed E-state index contributed by atoms with van der Waals surface area (Å²) in [5.74, 6) is -2.78. The van der Waals surface area contributed by atoms with E-state index in [-0.39, 0.29) is 13.0 Å². The van der Waals surface area contributed by atoms with E-state index in [4.69, 9.17) is 11.6 Å². The Morgan fingerprint density at radius 2 is 2.16 bits per heavy atom. The molecule has 19 heavy (non-hydrogen) atoms. The molecule has 2 N–H and O–H groups in total. The number of para-hydroxylation sites is 1. The Labute approximate surface area is 114 Å². The van der Waals surface area contributed by atoms with Crippen LogP contribution < -0.4 is 5.32 Å². The molecule has 1 atom stereocenters. The molecule has 1 unspecified atom stereocenters. The Bertz CT molecular complexity index is 625. The molecule has 1 aliphatic heterocycles. The molecule has 0 bridgehead atoms. The highest BCUT2D eigenvalue weighted by Crippen LogP contribution is 2.45. The highest BCUT2D eigenvalue weighted by Gasteiger charge is 2.54. The number of aromatic amines is 1. The number of rotatable bonds is 1. The fraction of sp³-hybridized carbons (Fsp3) is 0.462. The number of piperidine rings is 1. The molecule has 0 radical (unpaired) electrons. The first-order valence-corrected chi connectivity index (χ1v) is 6.55. The average molecular weight is 286 g/mol. The summed E-state index contributed by atoms with van der Waals surface area (Å²) in [4.78, 5) is 0. The molecule has 3 rings (SSSR count). The number of hydrogen-bond donors (Lipinski definition) is 2. The van der Waals surface area contributed by atoms with E-state index < -0.39 is 11.3 Å². The predicted octanol–water partition coefficient (Wildman–Crippen LogP) is 3.10. The molecule has 1 aromatic heterocycles. The summed E-state index contributed by atoms with van der Waals surface area (Å²) >= 11 is 6.04. The Balaban J connectivity index is 2.21. The molecular weight excluding hydrogens is 272 g/mol. The fourth-order valence-electron chi connectivity index (χ4n) is 2.68. The highest BCUT2D eigenvalue weighted by atomic mass is 35.5. The monoisotopic (exact) mass is 285 g/mol. The van der Waals surface area contributed by atoms with Gasteiger partial charge in [0, 0.05) is 24.9 Å². The standard InChI is InChI=1S/C13H14ClF2N3/c1-12(7-17-6-5-13(12,15)16)11-8-3-2-4-9(14)10(8)18-19-11/h2-4,17H,5-7H2,1H3,(H,18,19). The molecule has 6 heteroatoms. The van der Waals surface area contributed by atoms with Crippen molar-refractivity contribution in [3.8, 4) is 0 Å². The van der Waals surface area contributed by atoms with Crippen molar-refractivity contribution in [2.45, 2.75) is 24.7 Å². The number of nitrogens with zero attached hydrogens (tertiary/aromatic N) is 1. The third kappa shape index (κ3) is 1.75. The summed E-state index contributed by atoms with van der Waals surface area (Å²) in [7, 11) is 0. The summed E-state index contributed by atoms with van der Waals surface area (Å²) in [6.45, 7) is 2.10. The maximum atomic E-state index is 14.3. The molecule has 1 fully saturated rings. The number of nitrogens with one attached hydrogen (secondary N) is 2. The van der Waals surface area contributed by atoms with Crippen molar-refractivity contribution in [1.82, 2.24) is 15.5 Å². The van der Waals surface area contributed by atoms with Crippen LogP contribution in [0.25, 0.3) is 10.9 Å². The minimum atomic E-state index is -2.78. The Hall–Kier alpha value is -1.20. The van der Waals surface area contributed by atoms with Crippen LogP contribution in [0.4, 0.5) is 8.78 Å². The van der Waals surface area contributed by atoms with Crippen LogP contribution in [0, 0.1) is 0 Å². The van der Waals surface area contributed by atoms with Gasteiger partial charge in [-0.05, 0) is 13.0 Å². The van der Waals surface area contributed by atoms with Crippen molar-refractivity contribution in [2.75, 3.05) is 13.1 Å². The molecule has 102 valence electrons. The van der Waals surface area contributed by atoms with Gasteiger partial charge >= 0.3 is 0 Å². The van der Waals surface area contributed by atoms with Crippen molar-refractivity contribution >= 4 is 22.5 Å². The quantitative estimate of drug-likeness (QED) is 0.845. The number of H-pyrrole nitrogens is 1. The second kappa shape index (κ2) is 4.15. The Morgan fingerprint density at radius 3 is 2.89 bits per heavy atom. The molecule has 1 aromatic carbocycles. The molecule has 0 amide bonds. The fourth-order valence-corrected chi connectivity index (χ4v) is 2.90. The van der Waals surface area contributed by atoms with E-state index >= 15 is 0 Å². The summed E-state index contributed by atoms with van der Waals surface area (Å²) in [5.41, 5.74) is -0.311. The van der Waals surface area contributed by atoms with Gasteiger partial charge in [-0.2, -0.15) is 5.10 Å². The van der Waals surface area contributed by atoms with Crippen molar-refractivity contribution in [3.05, 3.63) is 28.9 Å². The van der Waals surface area contributed by atoms with E-state index in [9.17, 15) is 8.78 Å². The van der Waals surface area contributed by atoms with Gasteiger partial charge in [-0.25, -0.2) is 8.78 Å². The second-order valence-electron chi connectivity index (χ2n) is 5.20. The molecule has 2 heterocycles. The molecule has 1 aliphatic rings. The van der Waals surface area contributed by atoms with Crippen LogP contribution in [0.5, 0.6) is 0 Å². The van der Waals surface area contributed by atoms with Gasteiger partial charge in [0.1, 0.15) is 5.52 Å². The van der Waals surface area contributed by atoms with Crippen LogP contribution in [0.3, 0.4) is 0 Å². The maximum absolute atomic E-state index is 14.3. The first-order valence-electron chi connectivity index (χ1n) is 6.17. The molecular formula is C13H14ClF2N3. The largest absolute Gasteiger partial charge is 0.315 e. The maximum Gasteiger partial charge on any atom is 0.261 e. The van der Waals surface area contributed by atoms with Gasteiger partial charge in [0.05, 0.1) is 16.1 Å². The van der Waals surface area contributed by atoms with Gasteiger partial charge in [-0.15, -0.1) is 0 Å². The number of alkyl halides is 2. The SMILES string of the molecule is CC1(c2[nH]nc3c(Cl)cccc23)CNCCC1(F)F. The summed E-state index contributed by atoms with van der Waals surface area (Å²) in [5, 5.41) is 11.0. The molecule has 3 nitrogen and oxygen atoms in total. The van der Waals surface area contributed by atoms with Gasteiger partial charge in [0.15, 0.2) is 0 Å². The number of fused-ring (bicyclic) bond motifs is 1. The first kappa shape index (κ1) is 12.8. The topological polar surface area (TPSA) is 40.7 Å². The Morgan fingerprint density at radius 1 is 1.37 bits per heavy atom. The van der Waals surface area contributed by atoms with Crippen LogP contribution in [0.2, 0.25) is 5.02 Å². The van der Waals surface area contributed by atoms with Crippen LogP contribution in [-0.2, 0) is 5.41 Å². The normalized spacial score (nSPS) is 26.7. The number of hydrogen-bond acceptors (Lipinski definition) is 2. The van der Waals surface area contributed by atoms with Crippen LogP contribution >= 0.6 is 11.6 Å². The number of aromatic nitrogens is 2. The molecule has 0 aliphatic carbocycles. The minimum Gasteiger partial charge on any atom is -0.315 e. The predicted molar refractivity (Wildman–Crippen MR) is 70.9 cm³/mol. The van der Waals surface area contributed by atoms with Crippen molar-refractivity contribution < 1.29 is 8.78 Å². The van der Waals surface area contributed by atoms with Gasteiger partial charge in [0.2, 0.25) is 0 Å². The van der Waals surface area contributed by atoms with E-state index in [0.29, 0.717) is 28.2 Å². The lowest BCUT2D eigenvalue weighted by molar-refractivity contribution is -0.0931. The third-order valence-electron chi connectivity index (χ3n) is 3.99. The number of benzene rings is 1. The third-order valence-corrected chi connectivity index (χ3v) is 4.29. The zero-order valence-electron chi connectivity index (χ0n) is 10.4. The zero-order valence-corrected chi connectivity index (χ0v) is 11.2. The van der Waals surface area contributed by atoms with Crippen molar-refractivity contribution in [3.63, 3.8) is 0 Å². The summed E-state index contributed by atoms with van der Waals surface area (Å²) in [6, 6.07) is 5.23. The summed E-state index contributed by atoms with van der Waals surface area (Å²) in [6.07, 6.45) is -0.176. The molecule has 1 saturated heterocycles. The van der Waals surface area contributed by atoms with E-state index in [1.54, 1.807) is 25.1 Å². The molecule has 0 spiro atoms. The molecule has 0 saturated carbocycles. The van der Waals surface area contributed by atoms with E-state index in [1.165, 1.54) is 0 Å². The van der Waals surface area contributed by atoms with Crippen LogP contribution in [-0.4, -0.2) is 29.2 Å². The van der Waals surface area contributed by atoms with Crippen molar-refractivity contribution in [1.29, 1.82) is 0 Å². The first-order chi connectivity index (χ1) is 8.96. The molecule has 2 aromatic rings. The number of halogens is 3.